The topological polar surface area (TPSA) is 107 Å². The molecule has 0 aromatic rings. The zero-order valence-corrected chi connectivity index (χ0v) is 24.8. The van der Waals surface area contributed by atoms with Gasteiger partial charge in [0, 0.05) is 45.3 Å². The molecule has 10 nitrogen and oxygen atoms in total. The number of amides is 1. The molecule has 2 saturated heterocycles. The van der Waals surface area contributed by atoms with E-state index in [1.807, 2.05) is 25.7 Å². The molecular weight excluding hydrogens is 496 g/mol. The lowest BCUT2D eigenvalue weighted by Gasteiger charge is -2.41. The first-order valence-corrected chi connectivity index (χ1v) is 15.4. The number of rotatable bonds is 8. The number of hydrogen-bond donors (Lipinski definition) is 4. The summed E-state index contributed by atoms with van der Waals surface area (Å²) in [5, 5.41) is 14.5. The lowest BCUT2D eigenvalue weighted by molar-refractivity contribution is -0.153. The molecule has 4 fully saturated rings. The molecule has 0 unspecified atom stereocenters. The lowest BCUT2D eigenvalue weighted by Crippen LogP contribution is -2.63. The van der Waals surface area contributed by atoms with Crippen molar-refractivity contribution >= 4 is 12.1 Å². The summed E-state index contributed by atoms with van der Waals surface area (Å²) < 4.78 is 11.2. The smallest absolute Gasteiger partial charge is 0.410 e. The van der Waals surface area contributed by atoms with Gasteiger partial charge in [-0.2, -0.15) is 0 Å². The van der Waals surface area contributed by atoms with Crippen LogP contribution >= 0.6 is 0 Å². The van der Waals surface area contributed by atoms with Crippen molar-refractivity contribution in [2.24, 2.45) is 17.8 Å². The zero-order valence-electron chi connectivity index (χ0n) is 24.8. The second-order valence-corrected chi connectivity index (χ2v) is 13.3. The molecule has 2 aliphatic heterocycles. The molecule has 0 atom stereocenters. The van der Waals surface area contributed by atoms with E-state index in [1.165, 1.54) is 25.7 Å². The molecule has 39 heavy (non-hydrogen) atoms. The summed E-state index contributed by atoms with van der Waals surface area (Å²) >= 11 is 0. The molecule has 0 spiro atoms. The minimum atomic E-state index is -0.423. The van der Waals surface area contributed by atoms with Crippen molar-refractivity contribution in [3.8, 4) is 0 Å². The summed E-state index contributed by atoms with van der Waals surface area (Å²) in [6, 6.07) is 0.453. The van der Waals surface area contributed by atoms with E-state index >= 15 is 0 Å². The number of nitrogens with zero attached hydrogens (tertiary/aromatic N) is 2. The SMILES string of the molecule is CN1CCN(C(=O)OC2CCC(NC3NCC(C4CCC(CNCC(=O)OC(C)(C)C)CC4)CN3)CC2)CC1. The Hall–Kier alpha value is -1.46. The predicted octanol–water partition coefficient (Wildman–Crippen LogP) is 2.10. The number of ether oxygens (including phenoxy) is 2. The Morgan fingerprint density at radius 1 is 0.872 bits per heavy atom. The molecule has 2 aliphatic carbocycles. The summed E-state index contributed by atoms with van der Waals surface area (Å²) in [6.45, 7) is 12.4. The minimum absolute atomic E-state index is 0.0505. The van der Waals surface area contributed by atoms with Gasteiger partial charge < -0.3 is 24.6 Å². The molecule has 2 heterocycles. The van der Waals surface area contributed by atoms with E-state index in [0.717, 1.165) is 77.4 Å². The van der Waals surface area contributed by atoms with Gasteiger partial charge in [0.1, 0.15) is 18.0 Å². The molecule has 0 radical (unpaired) electrons. The van der Waals surface area contributed by atoms with Gasteiger partial charge in [0.05, 0.1) is 6.54 Å². The van der Waals surface area contributed by atoms with Crippen molar-refractivity contribution in [2.45, 2.75) is 96.2 Å². The highest BCUT2D eigenvalue weighted by Crippen LogP contribution is 2.33. The Balaban J connectivity index is 1.05. The second-order valence-electron chi connectivity index (χ2n) is 13.3. The average molecular weight is 551 g/mol. The first-order chi connectivity index (χ1) is 18.6. The molecule has 4 aliphatic rings. The molecule has 0 bridgehead atoms. The Bertz CT molecular complexity index is 760. The number of esters is 1. The number of piperazine rings is 1. The Labute approximate surface area is 235 Å². The molecule has 4 N–H and O–H groups in total. The third kappa shape index (κ3) is 10.1. The zero-order chi connectivity index (χ0) is 27.8. The summed E-state index contributed by atoms with van der Waals surface area (Å²) in [5.74, 6) is 1.91. The van der Waals surface area contributed by atoms with Crippen LogP contribution in [-0.2, 0) is 14.3 Å². The molecule has 0 aromatic carbocycles. The van der Waals surface area contributed by atoms with Gasteiger partial charge in [0.25, 0.3) is 0 Å². The first-order valence-electron chi connectivity index (χ1n) is 15.4. The Kier molecular flexibility index (Phi) is 11.3. The van der Waals surface area contributed by atoms with Crippen LogP contribution in [0.3, 0.4) is 0 Å². The summed E-state index contributed by atoms with van der Waals surface area (Å²) in [7, 11) is 2.09. The molecular formula is C29H54N6O4. The van der Waals surface area contributed by atoms with Crippen LogP contribution in [-0.4, -0.2) is 105 Å². The van der Waals surface area contributed by atoms with Crippen LogP contribution in [0.1, 0.15) is 72.1 Å². The largest absolute Gasteiger partial charge is 0.459 e. The van der Waals surface area contributed by atoms with Gasteiger partial charge in [0.15, 0.2) is 0 Å². The number of hydrogen-bond acceptors (Lipinski definition) is 9. The number of nitrogens with one attached hydrogen (secondary N) is 4. The normalized spacial score (nSPS) is 33.0. The Morgan fingerprint density at radius 2 is 1.51 bits per heavy atom. The number of carbonyl (C=O) groups excluding carboxylic acids is 2. The van der Waals surface area contributed by atoms with E-state index in [4.69, 9.17) is 9.47 Å². The highest BCUT2D eigenvalue weighted by molar-refractivity contribution is 5.72. The van der Waals surface area contributed by atoms with Gasteiger partial charge in [-0.15, -0.1) is 0 Å². The van der Waals surface area contributed by atoms with Gasteiger partial charge in [0.2, 0.25) is 0 Å². The monoisotopic (exact) mass is 550 g/mol. The maximum absolute atomic E-state index is 12.5. The highest BCUT2D eigenvalue weighted by atomic mass is 16.6. The van der Waals surface area contributed by atoms with Crippen LogP contribution in [0.4, 0.5) is 4.79 Å². The van der Waals surface area contributed by atoms with Crippen LogP contribution in [0.25, 0.3) is 0 Å². The minimum Gasteiger partial charge on any atom is -0.459 e. The van der Waals surface area contributed by atoms with Gasteiger partial charge >= 0.3 is 12.1 Å². The van der Waals surface area contributed by atoms with Crippen molar-refractivity contribution in [3.63, 3.8) is 0 Å². The molecule has 10 heteroatoms. The van der Waals surface area contributed by atoms with E-state index in [9.17, 15) is 9.59 Å². The first kappa shape index (κ1) is 30.5. The van der Waals surface area contributed by atoms with Crippen LogP contribution in [0, 0.1) is 17.8 Å². The van der Waals surface area contributed by atoms with Crippen molar-refractivity contribution in [1.82, 2.24) is 31.1 Å². The third-order valence-corrected chi connectivity index (χ3v) is 8.95. The van der Waals surface area contributed by atoms with Crippen molar-refractivity contribution < 1.29 is 19.1 Å². The Morgan fingerprint density at radius 3 is 2.13 bits per heavy atom. The molecule has 4 rings (SSSR count). The predicted molar refractivity (Wildman–Crippen MR) is 152 cm³/mol. The number of likely N-dealkylation sites (N-methyl/N-ethyl adjacent to an activating group) is 1. The third-order valence-electron chi connectivity index (χ3n) is 8.95. The van der Waals surface area contributed by atoms with E-state index < -0.39 is 5.60 Å². The van der Waals surface area contributed by atoms with Gasteiger partial charge in [-0.3, -0.25) is 20.7 Å². The quantitative estimate of drug-likeness (QED) is 0.338. The fourth-order valence-electron chi connectivity index (χ4n) is 6.54. The van der Waals surface area contributed by atoms with E-state index in [0.29, 0.717) is 24.4 Å². The molecule has 224 valence electrons. The molecule has 0 aromatic heterocycles. The maximum Gasteiger partial charge on any atom is 0.410 e. The van der Waals surface area contributed by atoms with E-state index in [1.54, 1.807) is 0 Å². The van der Waals surface area contributed by atoms with Gasteiger partial charge in [-0.1, -0.05) is 0 Å². The number of carbonyl (C=O) groups is 2. The van der Waals surface area contributed by atoms with Crippen molar-refractivity contribution in [2.75, 3.05) is 59.4 Å². The summed E-state index contributed by atoms with van der Waals surface area (Å²) in [5.41, 5.74) is -0.423. The maximum atomic E-state index is 12.5. The van der Waals surface area contributed by atoms with Gasteiger partial charge in [-0.25, -0.2) is 4.79 Å². The van der Waals surface area contributed by atoms with Crippen LogP contribution in [0.5, 0.6) is 0 Å². The van der Waals surface area contributed by atoms with E-state index in [2.05, 4.69) is 33.2 Å². The van der Waals surface area contributed by atoms with Crippen LogP contribution < -0.4 is 21.3 Å². The van der Waals surface area contributed by atoms with Crippen molar-refractivity contribution in [3.05, 3.63) is 0 Å². The lowest BCUT2D eigenvalue weighted by atomic mass is 9.75. The molecule has 2 saturated carbocycles. The second kappa shape index (κ2) is 14.4. The van der Waals surface area contributed by atoms with Crippen LogP contribution in [0.15, 0.2) is 0 Å². The van der Waals surface area contributed by atoms with Crippen molar-refractivity contribution in [1.29, 1.82) is 0 Å². The average Bonchev–Trinajstić information content (AvgIpc) is 2.90. The summed E-state index contributed by atoms with van der Waals surface area (Å²) in [4.78, 5) is 28.5. The molecule has 1 amide bonds. The van der Waals surface area contributed by atoms with E-state index in [-0.39, 0.29) is 24.5 Å². The highest BCUT2D eigenvalue weighted by Gasteiger charge is 2.32. The fraction of sp³-hybridized carbons (Fsp3) is 0.931. The van der Waals surface area contributed by atoms with Gasteiger partial charge in [-0.05, 0) is 103 Å². The summed E-state index contributed by atoms with van der Waals surface area (Å²) in [6.07, 6.45) is 9.01. The van der Waals surface area contributed by atoms with Crippen LogP contribution in [0.2, 0.25) is 0 Å². The fourth-order valence-corrected chi connectivity index (χ4v) is 6.54. The standard InChI is InChI=1S/C29H54N6O4/c1-29(2,3)39-26(36)20-30-17-21-5-7-22(8-6-21)23-18-31-27(32-19-23)33-24-9-11-25(12-10-24)38-28(37)35-15-13-34(4)14-16-35/h21-25,27,30-33H,5-20H2,1-4H3.